The summed E-state index contributed by atoms with van der Waals surface area (Å²) in [4.78, 5) is 9.97. The zero-order valence-electron chi connectivity index (χ0n) is 5.10. The molecule has 0 aromatic rings. The van der Waals surface area contributed by atoms with E-state index >= 15 is 0 Å². The van der Waals surface area contributed by atoms with Crippen molar-refractivity contribution < 1.29 is 9.90 Å². The molecule has 1 unspecified atom stereocenters. The number of rotatable bonds is 2. The highest BCUT2D eigenvalue weighted by Gasteiger charge is 2.11. The maximum atomic E-state index is 9.97. The zero-order valence-corrected chi connectivity index (χ0v) is 5.10. The van der Waals surface area contributed by atoms with Crippen LogP contribution in [-0.2, 0) is 9.90 Å². The van der Waals surface area contributed by atoms with E-state index in [0.29, 0.717) is 5.57 Å². The predicted octanol–water partition coefficient (Wildman–Crippen LogP) is 1.16. The lowest BCUT2D eigenvalue weighted by Gasteiger charge is -1.99. The monoisotopic (exact) mass is 113 g/mol. The van der Waals surface area contributed by atoms with Crippen molar-refractivity contribution in [2.45, 2.75) is 13.8 Å². The van der Waals surface area contributed by atoms with Gasteiger partial charge < -0.3 is 0 Å². The standard InChI is InChI=1S/C6H9O2/c1-4(2)5(3)6(7)8/h5H,1H2,2-3H3. The molecule has 0 aromatic carbocycles. The van der Waals surface area contributed by atoms with E-state index in [2.05, 4.69) is 6.58 Å². The average molecular weight is 113 g/mol. The molecule has 0 saturated carbocycles. The maximum absolute atomic E-state index is 9.97. The van der Waals surface area contributed by atoms with Crippen molar-refractivity contribution in [2.24, 2.45) is 5.92 Å². The summed E-state index contributed by atoms with van der Waals surface area (Å²) in [7, 11) is 0. The highest BCUT2D eigenvalue weighted by molar-refractivity contribution is 5.72. The fourth-order valence-corrected chi connectivity index (χ4v) is 0.201. The van der Waals surface area contributed by atoms with Gasteiger partial charge in [-0.2, -0.15) is 0 Å². The minimum atomic E-state index is -1.06. The van der Waals surface area contributed by atoms with E-state index in [1.807, 2.05) is 0 Å². The average Bonchev–Trinajstić information content (AvgIpc) is 1.64. The Hall–Kier alpha value is -0.790. The molecule has 0 amide bonds. The predicted molar refractivity (Wildman–Crippen MR) is 29.7 cm³/mol. The second kappa shape index (κ2) is 2.50. The molecule has 0 N–H and O–H groups in total. The fourth-order valence-electron chi connectivity index (χ4n) is 0.201. The third-order valence-electron chi connectivity index (χ3n) is 1.09. The Morgan fingerprint density at radius 2 is 2.00 bits per heavy atom. The van der Waals surface area contributed by atoms with E-state index in [1.165, 1.54) is 0 Å². The first kappa shape index (κ1) is 7.21. The molecule has 0 bridgehead atoms. The van der Waals surface area contributed by atoms with E-state index in [9.17, 15) is 9.90 Å². The molecule has 0 saturated heterocycles. The molecular formula is C6H9O2. The molecule has 8 heavy (non-hydrogen) atoms. The molecule has 0 aliphatic heterocycles. The first-order valence-electron chi connectivity index (χ1n) is 2.42. The van der Waals surface area contributed by atoms with Gasteiger partial charge in [0.25, 0.3) is 0 Å². The van der Waals surface area contributed by atoms with Crippen molar-refractivity contribution >= 4 is 5.97 Å². The van der Waals surface area contributed by atoms with E-state index in [4.69, 9.17) is 0 Å². The summed E-state index contributed by atoms with van der Waals surface area (Å²) in [5.41, 5.74) is 0.630. The van der Waals surface area contributed by atoms with Crippen molar-refractivity contribution in [3.8, 4) is 0 Å². The van der Waals surface area contributed by atoms with Crippen LogP contribution in [0.4, 0.5) is 0 Å². The van der Waals surface area contributed by atoms with Gasteiger partial charge in [-0.3, -0.25) is 0 Å². The Morgan fingerprint density at radius 1 is 1.62 bits per heavy atom. The highest BCUT2D eigenvalue weighted by atomic mass is 16.4. The molecule has 0 aliphatic rings. The van der Waals surface area contributed by atoms with Gasteiger partial charge in [-0.1, -0.05) is 12.2 Å². The lowest BCUT2D eigenvalue weighted by molar-refractivity contribution is -0.146. The van der Waals surface area contributed by atoms with Crippen LogP contribution in [0.2, 0.25) is 0 Å². The Bertz CT molecular complexity index is 102. The minimum Gasteiger partial charge on any atom is -0.247 e. The van der Waals surface area contributed by atoms with Crippen LogP contribution in [0.25, 0.3) is 0 Å². The quantitative estimate of drug-likeness (QED) is 0.495. The Labute approximate surface area is 48.8 Å². The van der Waals surface area contributed by atoms with E-state index in [0.717, 1.165) is 0 Å². The normalized spacial score (nSPS) is 12.8. The lowest BCUT2D eigenvalue weighted by atomic mass is 10.1. The molecule has 1 atom stereocenters. The largest absolute Gasteiger partial charge is 0.362 e. The molecule has 2 heteroatoms. The van der Waals surface area contributed by atoms with Crippen molar-refractivity contribution in [1.82, 2.24) is 0 Å². The van der Waals surface area contributed by atoms with Gasteiger partial charge in [0.1, 0.15) is 0 Å². The van der Waals surface area contributed by atoms with Gasteiger partial charge in [0.15, 0.2) is 0 Å². The summed E-state index contributed by atoms with van der Waals surface area (Å²) in [6, 6.07) is 0. The molecular weight excluding hydrogens is 104 g/mol. The summed E-state index contributed by atoms with van der Waals surface area (Å²) in [5, 5.41) is 9.97. The van der Waals surface area contributed by atoms with Crippen LogP contribution < -0.4 is 0 Å². The van der Waals surface area contributed by atoms with Crippen molar-refractivity contribution in [1.29, 1.82) is 0 Å². The Balaban J connectivity index is 3.83. The van der Waals surface area contributed by atoms with Gasteiger partial charge in [-0.05, 0) is 13.8 Å². The molecule has 0 aromatic heterocycles. The topological polar surface area (TPSA) is 37.0 Å². The van der Waals surface area contributed by atoms with Gasteiger partial charge in [-0.15, -0.1) is 0 Å². The third kappa shape index (κ3) is 1.78. The number of hydrogen-bond acceptors (Lipinski definition) is 1. The van der Waals surface area contributed by atoms with Gasteiger partial charge in [-0.25, -0.2) is 9.90 Å². The molecule has 2 nitrogen and oxygen atoms in total. The summed E-state index contributed by atoms with van der Waals surface area (Å²) in [6.07, 6.45) is 0. The highest BCUT2D eigenvalue weighted by Crippen LogP contribution is 2.05. The summed E-state index contributed by atoms with van der Waals surface area (Å²) in [5.74, 6) is -1.58. The van der Waals surface area contributed by atoms with Crippen LogP contribution in [0.5, 0.6) is 0 Å². The van der Waals surface area contributed by atoms with Gasteiger partial charge in [0.05, 0.1) is 5.92 Å². The SMILES string of the molecule is C=C(C)C(C)C([O])=O. The molecule has 0 aliphatic carbocycles. The van der Waals surface area contributed by atoms with Crippen LogP contribution in [0.15, 0.2) is 12.2 Å². The van der Waals surface area contributed by atoms with E-state index < -0.39 is 11.9 Å². The summed E-state index contributed by atoms with van der Waals surface area (Å²) in [6.45, 7) is 6.68. The van der Waals surface area contributed by atoms with Crippen LogP contribution >= 0.6 is 0 Å². The zero-order chi connectivity index (χ0) is 6.73. The molecule has 45 valence electrons. The first-order chi connectivity index (χ1) is 3.55. The number of carbonyl (C=O) groups is 1. The molecule has 0 heterocycles. The summed E-state index contributed by atoms with van der Waals surface area (Å²) < 4.78 is 0. The molecule has 0 fully saturated rings. The maximum Gasteiger partial charge on any atom is 0.362 e. The van der Waals surface area contributed by atoms with Crippen molar-refractivity contribution in [2.75, 3.05) is 0 Å². The van der Waals surface area contributed by atoms with Gasteiger partial charge in [0.2, 0.25) is 0 Å². The van der Waals surface area contributed by atoms with Crippen molar-refractivity contribution in [3.05, 3.63) is 12.2 Å². The lowest BCUT2D eigenvalue weighted by Crippen LogP contribution is -2.07. The third-order valence-corrected chi connectivity index (χ3v) is 1.09. The van der Waals surface area contributed by atoms with Crippen LogP contribution in [0.1, 0.15) is 13.8 Å². The second-order valence-electron chi connectivity index (χ2n) is 1.89. The van der Waals surface area contributed by atoms with Crippen LogP contribution in [-0.4, -0.2) is 5.97 Å². The second-order valence-corrected chi connectivity index (χ2v) is 1.89. The molecule has 0 rings (SSSR count). The smallest absolute Gasteiger partial charge is 0.247 e. The molecule has 1 radical (unpaired) electrons. The van der Waals surface area contributed by atoms with Gasteiger partial charge in [0, 0.05) is 0 Å². The van der Waals surface area contributed by atoms with Crippen LogP contribution in [0.3, 0.4) is 0 Å². The van der Waals surface area contributed by atoms with Crippen LogP contribution in [0, 0.1) is 5.92 Å². The number of carbonyl (C=O) groups excluding carboxylic acids is 1. The first-order valence-corrected chi connectivity index (χ1v) is 2.42. The summed E-state index contributed by atoms with van der Waals surface area (Å²) >= 11 is 0. The Kier molecular flexibility index (Phi) is 2.25. The van der Waals surface area contributed by atoms with E-state index in [-0.39, 0.29) is 0 Å². The molecule has 0 spiro atoms. The minimum absolute atomic E-state index is 0.519. The van der Waals surface area contributed by atoms with Crippen molar-refractivity contribution in [3.63, 3.8) is 0 Å². The van der Waals surface area contributed by atoms with Gasteiger partial charge >= 0.3 is 5.97 Å². The fraction of sp³-hybridized carbons (Fsp3) is 0.500. The van der Waals surface area contributed by atoms with E-state index in [1.54, 1.807) is 13.8 Å². The number of hydrogen-bond donors (Lipinski definition) is 0. The Morgan fingerprint density at radius 3 is 2.00 bits per heavy atom.